The molecule has 4 atom stereocenters. The van der Waals surface area contributed by atoms with Gasteiger partial charge in [0.05, 0.1) is 43.3 Å². The Balaban J connectivity index is 1.16. The summed E-state index contributed by atoms with van der Waals surface area (Å²) in [6.45, 7) is 2.62. The first-order valence-corrected chi connectivity index (χ1v) is 20.9. The summed E-state index contributed by atoms with van der Waals surface area (Å²) in [5.41, 5.74) is 10.3. The fraction of sp³-hybridized carbons (Fsp3) is 0.675. The number of amidine groups is 1. The number of rotatable bonds is 27. The fourth-order valence-corrected chi connectivity index (χ4v) is 7.71. The average molecular weight is 755 g/mol. The lowest BCUT2D eigenvalue weighted by Crippen LogP contribution is -2.34. The zero-order chi connectivity index (χ0) is 37.7. The van der Waals surface area contributed by atoms with E-state index in [9.17, 15) is 19.8 Å². The molecule has 0 radical (unpaired) electrons. The quantitative estimate of drug-likeness (QED) is 0.0597. The highest BCUT2D eigenvalue weighted by Gasteiger charge is 2.43. The Morgan fingerprint density at radius 2 is 1.66 bits per heavy atom. The van der Waals surface area contributed by atoms with E-state index in [1.807, 2.05) is 22.9 Å². The molecule has 4 rings (SSSR count). The molecule has 0 saturated carbocycles. The summed E-state index contributed by atoms with van der Waals surface area (Å²) in [7, 11) is -2.32. The Morgan fingerprint density at radius 3 is 2.30 bits per heavy atom. The number of aliphatic imine (C=N–C) groups is 1. The van der Waals surface area contributed by atoms with Gasteiger partial charge in [0, 0.05) is 0 Å². The van der Waals surface area contributed by atoms with Crippen molar-refractivity contribution in [3.63, 3.8) is 0 Å². The molecule has 1 aromatic heterocycles. The lowest BCUT2D eigenvalue weighted by atomic mass is 10.0. The van der Waals surface area contributed by atoms with Crippen molar-refractivity contribution in [2.75, 3.05) is 25.3 Å². The Labute approximate surface area is 317 Å². The number of unbranched alkanes of at least 4 members (excludes halogenated alkanes) is 15. The van der Waals surface area contributed by atoms with Crippen LogP contribution in [0.1, 0.15) is 158 Å². The fourth-order valence-electron chi connectivity index (χ4n) is 7.03. The van der Waals surface area contributed by atoms with Crippen LogP contribution in [0.2, 0.25) is 0 Å². The number of hydrogen-bond acceptors (Lipinski definition) is 10. The molecule has 0 amide bonds. The Kier molecular flexibility index (Phi) is 19.0. The summed E-state index contributed by atoms with van der Waals surface area (Å²) in [6.07, 6.45) is 21.5. The minimum absolute atomic E-state index is 0.0648. The summed E-state index contributed by atoms with van der Waals surface area (Å²) in [5, 5.41) is 19.3. The lowest BCUT2D eigenvalue weighted by Gasteiger charge is -2.25. The third-order valence-corrected chi connectivity index (χ3v) is 10.8. The number of aromatic nitrogens is 1. The van der Waals surface area contributed by atoms with E-state index < -0.39 is 20.0 Å². The van der Waals surface area contributed by atoms with Crippen LogP contribution in [0.25, 0.3) is 0 Å². The number of fused-ring (bicyclic) bond motifs is 1. The molecule has 4 unspecified atom stereocenters. The van der Waals surface area contributed by atoms with E-state index >= 15 is 0 Å². The Hall–Kier alpha value is -3.09. The van der Waals surface area contributed by atoms with Crippen molar-refractivity contribution in [1.29, 1.82) is 10.5 Å². The number of nitrogens with zero attached hydrogens (tertiary/aromatic N) is 4. The number of nitrogens with two attached hydrogens (primary N) is 1. The van der Waals surface area contributed by atoms with Gasteiger partial charge in [-0.25, -0.2) is 9.38 Å². The van der Waals surface area contributed by atoms with E-state index in [2.05, 4.69) is 23.4 Å². The van der Waals surface area contributed by atoms with Gasteiger partial charge in [-0.3, -0.25) is 4.68 Å². The van der Waals surface area contributed by atoms with Crippen LogP contribution in [-0.4, -0.2) is 47.0 Å². The van der Waals surface area contributed by atoms with Crippen molar-refractivity contribution in [3.8, 4) is 12.1 Å². The monoisotopic (exact) mass is 754 g/mol. The van der Waals surface area contributed by atoms with Gasteiger partial charge in [-0.2, -0.15) is 10.5 Å². The van der Waals surface area contributed by atoms with E-state index in [1.165, 1.54) is 95.6 Å². The molecule has 2 aliphatic heterocycles. The van der Waals surface area contributed by atoms with E-state index in [-0.39, 0.29) is 37.6 Å². The summed E-state index contributed by atoms with van der Waals surface area (Å²) < 4.78 is 39.6. The van der Waals surface area contributed by atoms with Gasteiger partial charge < -0.3 is 34.6 Å². The van der Waals surface area contributed by atoms with Crippen LogP contribution in [0.4, 0.5) is 4.39 Å². The highest BCUT2D eigenvalue weighted by atomic mass is 31.2. The summed E-state index contributed by atoms with van der Waals surface area (Å²) in [5.74, 6) is -0.0553. The van der Waals surface area contributed by atoms with Crippen LogP contribution in [-0.2, 0) is 25.1 Å². The van der Waals surface area contributed by atoms with Gasteiger partial charge in [0.2, 0.25) is 0 Å². The van der Waals surface area contributed by atoms with Crippen LogP contribution >= 0.6 is 8.60 Å². The highest BCUT2D eigenvalue weighted by Crippen LogP contribution is 2.43. The predicted molar refractivity (Wildman–Crippen MR) is 206 cm³/mol. The van der Waals surface area contributed by atoms with Gasteiger partial charge >= 0.3 is 8.60 Å². The van der Waals surface area contributed by atoms with Gasteiger partial charge in [0.25, 0.3) is 0 Å². The number of nitrogens with one attached hydrogen (secondary N) is 1. The molecule has 53 heavy (non-hydrogen) atoms. The van der Waals surface area contributed by atoms with Crippen molar-refractivity contribution in [1.82, 2.24) is 4.68 Å². The zero-order valence-electron chi connectivity index (χ0n) is 31.6. The molecule has 4 N–H and O–H groups in total. The van der Waals surface area contributed by atoms with Gasteiger partial charge in [-0.15, -0.1) is 0 Å². The van der Waals surface area contributed by atoms with E-state index in [4.69, 9.17) is 24.3 Å². The standard InChI is InChI=1S/C40H60FN6O5P/c1-2-3-4-5-6-7-8-9-10-11-12-13-14-15-16-17-18-35(49-27-33-23-32(26-42)24-34(41)25-33)28-50-53(48)51-30-40(29-43)22-21-38(52-40)36-19-20-37-39(44)45-31-46-47(36)37/h19-20,23-25,35,38,46,48H,2-18,21-22,27-28,30-31H2,1H3,(H2,44,45). The molecule has 1 saturated heterocycles. The largest absolute Gasteiger partial charge is 0.382 e. The first-order valence-electron chi connectivity index (χ1n) is 19.8. The molecule has 11 nitrogen and oxygen atoms in total. The van der Waals surface area contributed by atoms with Crippen molar-refractivity contribution in [3.05, 3.63) is 58.7 Å². The summed E-state index contributed by atoms with van der Waals surface area (Å²) >= 11 is 0. The number of ether oxygens (including phenoxy) is 2. The number of halogens is 1. The maximum absolute atomic E-state index is 14.1. The van der Waals surface area contributed by atoms with Crippen molar-refractivity contribution in [2.45, 2.75) is 153 Å². The average Bonchev–Trinajstić information content (AvgIpc) is 3.80. The first-order chi connectivity index (χ1) is 25.9. The molecule has 13 heteroatoms. The van der Waals surface area contributed by atoms with E-state index in [1.54, 1.807) is 6.07 Å². The Morgan fingerprint density at radius 1 is 1.00 bits per heavy atom. The number of nitriles is 2. The molecule has 292 valence electrons. The van der Waals surface area contributed by atoms with Crippen LogP contribution in [0.15, 0.2) is 35.3 Å². The maximum Gasteiger partial charge on any atom is 0.330 e. The molecule has 2 aromatic rings. The molecular weight excluding hydrogens is 694 g/mol. The topological polar surface area (TPSA) is 160 Å². The minimum Gasteiger partial charge on any atom is -0.382 e. The van der Waals surface area contributed by atoms with E-state index in [0.29, 0.717) is 37.3 Å². The second kappa shape index (κ2) is 23.6. The summed E-state index contributed by atoms with van der Waals surface area (Å²) in [6, 6.07) is 12.1. The Bertz CT molecular complexity index is 1490. The van der Waals surface area contributed by atoms with E-state index in [0.717, 1.165) is 30.7 Å². The molecule has 2 aliphatic rings. The maximum atomic E-state index is 14.1. The van der Waals surface area contributed by atoms with Crippen molar-refractivity contribution in [2.24, 2.45) is 10.7 Å². The van der Waals surface area contributed by atoms with Crippen molar-refractivity contribution < 1.29 is 27.8 Å². The van der Waals surface area contributed by atoms with Crippen LogP contribution in [0.5, 0.6) is 0 Å². The van der Waals surface area contributed by atoms with Crippen LogP contribution < -0.4 is 11.2 Å². The van der Waals surface area contributed by atoms with Crippen LogP contribution in [0, 0.1) is 28.5 Å². The first kappa shape index (κ1) is 42.6. The molecule has 0 aliphatic carbocycles. The van der Waals surface area contributed by atoms with Gasteiger partial charge in [0.15, 0.2) is 5.60 Å². The normalized spacial score (nSPS) is 19.2. The molecule has 3 heterocycles. The summed E-state index contributed by atoms with van der Waals surface area (Å²) in [4.78, 5) is 14.9. The smallest absolute Gasteiger partial charge is 0.330 e. The predicted octanol–water partition coefficient (Wildman–Crippen LogP) is 9.32. The molecule has 0 bridgehead atoms. The lowest BCUT2D eigenvalue weighted by molar-refractivity contribution is -0.0397. The number of benzene rings is 1. The number of hydrogen-bond donors (Lipinski definition) is 3. The second-order valence-electron chi connectivity index (χ2n) is 14.4. The van der Waals surface area contributed by atoms with Gasteiger partial charge in [-0.05, 0) is 55.2 Å². The van der Waals surface area contributed by atoms with Crippen LogP contribution in [0.3, 0.4) is 0 Å². The third kappa shape index (κ3) is 14.6. The second-order valence-corrected chi connectivity index (χ2v) is 15.4. The van der Waals surface area contributed by atoms with Gasteiger partial charge in [-0.1, -0.05) is 110 Å². The molecule has 0 spiro atoms. The molecule has 1 aromatic carbocycles. The van der Waals surface area contributed by atoms with Crippen molar-refractivity contribution >= 4 is 14.4 Å². The third-order valence-electron chi connectivity index (χ3n) is 10.1. The van der Waals surface area contributed by atoms with Gasteiger partial charge in [0.1, 0.15) is 36.2 Å². The highest BCUT2D eigenvalue weighted by molar-refractivity contribution is 7.40. The zero-order valence-corrected chi connectivity index (χ0v) is 32.5. The minimum atomic E-state index is -2.32. The SMILES string of the molecule is CCCCCCCCCCCCCCCCCCC(COP(O)OCC1(C#N)CCC(c2ccc3n2NCN=C3N)O1)OCc1cc(F)cc(C#N)c1. The molecular formula is C40H60FN6O5P. The molecule has 1 fully saturated rings.